The molecule has 0 spiro atoms. The summed E-state index contributed by atoms with van der Waals surface area (Å²) in [7, 11) is 4.63. The van der Waals surface area contributed by atoms with Crippen LogP contribution in [-0.4, -0.2) is 39.8 Å². The summed E-state index contributed by atoms with van der Waals surface area (Å²) in [5.74, 6) is 5.12. The lowest BCUT2D eigenvalue weighted by Gasteiger charge is -1.80. The predicted octanol–water partition coefficient (Wildman–Crippen LogP) is 5.00. The number of ether oxygens (including phenoxy) is 2. The molecule has 5 heteroatoms. The van der Waals surface area contributed by atoms with Gasteiger partial charge in [0.05, 0.1) is 7.11 Å². The monoisotopic (exact) mass is 375 g/mol. The Labute approximate surface area is 163 Å². The summed E-state index contributed by atoms with van der Waals surface area (Å²) >= 11 is 0. The number of esters is 1. The molecule has 0 saturated carbocycles. The van der Waals surface area contributed by atoms with Gasteiger partial charge in [-0.2, -0.15) is 0 Å². The molecule has 0 aliphatic rings. The van der Waals surface area contributed by atoms with Crippen LogP contribution in [0.2, 0.25) is 0 Å². The Hall–Kier alpha value is -1.80. The van der Waals surface area contributed by atoms with Gasteiger partial charge in [-0.25, -0.2) is 0 Å². The highest BCUT2D eigenvalue weighted by Crippen LogP contribution is 1.76. The van der Waals surface area contributed by atoms with Crippen LogP contribution in [0.4, 0.5) is 0 Å². The van der Waals surface area contributed by atoms with Crippen LogP contribution < -0.4 is 5.32 Å². The quantitative estimate of drug-likeness (QED) is 0.419. The minimum atomic E-state index is -0.245. The fourth-order valence-electron chi connectivity index (χ4n) is 0. The first-order valence-corrected chi connectivity index (χ1v) is 8.83. The molecule has 0 fully saturated rings. The zero-order valence-corrected chi connectivity index (χ0v) is 19.4. The molecule has 26 heavy (non-hydrogen) atoms. The third-order valence-corrected chi connectivity index (χ3v) is 2.01. The molecule has 0 aromatic heterocycles. The molecule has 0 aromatic rings. The molecule has 0 radical (unpaired) electrons. The molecule has 0 aliphatic heterocycles. The van der Waals surface area contributed by atoms with E-state index in [1.807, 2.05) is 46.8 Å². The standard InChI is InChI=1S/C4H10.C4H8.C4H6.C3H7NO.C3H6O2.C3H8O/c3*1-3-4-2;1-3(5)4-2;1-3(4)5-2;1-3-4-2/h3-4H2,1-2H3;3-4H,1-2H3;1-2H3;1-2H3,(H,4,5);1-2H3;3H2,1-2H3. The number of hydrogen-bond acceptors (Lipinski definition) is 4. The first-order valence-electron chi connectivity index (χ1n) is 8.83. The van der Waals surface area contributed by atoms with E-state index in [1.165, 1.54) is 33.8 Å². The second kappa shape index (κ2) is 56.7. The predicted molar refractivity (Wildman–Crippen MR) is 115 cm³/mol. The molecule has 1 amide bonds. The summed E-state index contributed by atoms with van der Waals surface area (Å²) in [5.41, 5.74) is 0. The fourth-order valence-corrected chi connectivity index (χ4v) is 0. The van der Waals surface area contributed by atoms with Crippen LogP contribution in [0.1, 0.15) is 75.2 Å². The zero-order chi connectivity index (χ0) is 22.2. The molecule has 0 heterocycles. The van der Waals surface area contributed by atoms with Gasteiger partial charge < -0.3 is 14.8 Å². The van der Waals surface area contributed by atoms with Crippen LogP contribution in [0.25, 0.3) is 0 Å². The number of carbonyl (C=O) groups excluding carboxylic acids is 2. The molecule has 0 bridgehead atoms. The van der Waals surface area contributed by atoms with Gasteiger partial charge in [-0.1, -0.05) is 38.8 Å². The number of hydrogen-bond donors (Lipinski definition) is 1. The van der Waals surface area contributed by atoms with E-state index in [0.717, 1.165) is 6.61 Å². The Morgan fingerprint density at radius 1 is 0.923 bits per heavy atom. The molecule has 0 atom stereocenters. The molecule has 1 N–H and O–H groups in total. The van der Waals surface area contributed by atoms with E-state index >= 15 is 0 Å². The average Bonchev–Trinajstić information content (AvgIpc) is 2.68. The van der Waals surface area contributed by atoms with Crippen LogP contribution in [0, 0.1) is 11.8 Å². The van der Waals surface area contributed by atoms with Gasteiger partial charge in [0.1, 0.15) is 0 Å². The summed E-state index contributed by atoms with van der Waals surface area (Å²) < 4.78 is 8.65. The second-order valence-corrected chi connectivity index (χ2v) is 4.25. The summed E-state index contributed by atoms with van der Waals surface area (Å²) in [6.07, 6.45) is 6.64. The van der Waals surface area contributed by atoms with E-state index in [9.17, 15) is 9.59 Å². The summed E-state index contributed by atoms with van der Waals surface area (Å²) in [4.78, 5) is 19.3. The Morgan fingerprint density at radius 3 is 1.15 bits per heavy atom. The normalized spacial score (nSPS) is 6.92. The minimum Gasteiger partial charge on any atom is -0.469 e. The van der Waals surface area contributed by atoms with Gasteiger partial charge in [0.15, 0.2) is 0 Å². The van der Waals surface area contributed by atoms with Crippen molar-refractivity contribution < 1.29 is 19.1 Å². The van der Waals surface area contributed by atoms with Crippen molar-refractivity contribution in [2.24, 2.45) is 0 Å². The number of amides is 1. The third kappa shape index (κ3) is 260. The Morgan fingerprint density at radius 2 is 1.15 bits per heavy atom. The summed E-state index contributed by atoms with van der Waals surface area (Å²) in [5, 5.41) is 2.39. The minimum absolute atomic E-state index is 0.00463. The van der Waals surface area contributed by atoms with Gasteiger partial charge in [0.2, 0.25) is 5.91 Å². The maximum atomic E-state index is 9.70. The highest BCUT2D eigenvalue weighted by Gasteiger charge is 1.75. The highest BCUT2D eigenvalue weighted by atomic mass is 16.5. The van der Waals surface area contributed by atoms with Gasteiger partial charge in [-0.3, -0.25) is 9.59 Å². The lowest BCUT2D eigenvalue weighted by atomic mass is 10.4. The highest BCUT2D eigenvalue weighted by molar-refractivity contribution is 5.72. The molecule has 0 aliphatic carbocycles. The molecule has 5 nitrogen and oxygen atoms in total. The number of nitrogens with one attached hydrogen (secondary N) is 1. The van der Waals surface area contributed by atoms with Crippen molar-refractivity contribution in [1.29, 1.82) is 0 Å². The van der Waals surface area contributed by atoms with E-state index in [2.05, 4.69) is 40.5 Å². The number of allylic oxidation sites excluding steroid dienone is 2. The van der Waals surface area contributed by atoms with Crippen molar-refractivity contribution in [1.82, 2.24) is 5.32 Å². The Kier molecular flexibility index (Phi) is 85.8. The van der Waals surface area contributed by atoms with Gasteiger partial charge >= 0.3 is 5.97 Å². The van der Waals surface area contributed by atoms with Crippen LogP contribution in [-0.2, 0) is 19.1 Å². The van der Waals surface area contributed by atoms with Crippen LogP contribution >= 0.6 is 0 Å². The Bertz CT molecular complexity index is 284. The SMILES string of the molecule is CC#CC.CC=CC.CCCC.CCOC.CNC(C)=O.COC(C)=O. The van der Waals surface area contributed by atoms with E-state index in [1.54, 1.807) is 14.2 Å². The van der Waals surface area contributed by atoms with Gasteiger partial charge in [-0.05, 0) is 34.6 Å². The van der Waals surface area contributed by atoms with E-state index in [4.69, 9.17) is 0 Å². The van der Waals surface area contributed by atoms with Crippen molar-refractivity contribution in [3.05, 3.63) is 12.2 Å². The topological polar surface area (TPSA) is 64.6 Å². The van der Waals surface area contributed by atoms with Crippen molar-refractivity contribution >= 4 is 11.9 Å². The molecular weight excluding hydrogens is 330 g/mol. The summed E-state index contributed by atoms with van der Waals surface area (Å²) in [6, 6.07) is 0. The van der Waals surface area contributed by atoms with E-state index in [-0.39, 0.29) is 11.9 Å². The van der Waals surface area contributed by atoms with Crippen LogP contribution in [0.15, 0.2) is 12.2 Å². The second-order valence-electron chi connectivity index (χ2n) is 4.25. The van der Waals surface area contributed by atoms with E-state index in [0.29, 0.717) is 0 Å². The van der Waals surface area contributed by atoms with Crippen molar-refractivity contribution in [2.45, 2.75) is 75.2 Å². The number of unbranched alkanes of at least 4 members (excludes halogenated alkanes) is 1. The van der Waals surface area contributed by atoms with E-state index < -0.39 is 0 Å². The number of carbonyl (C=O) groups is 2. The first kappa shape index (κ1) is 39.3. The average molecular weight is 376 g/mol. The van der Waals surface area contributed by atoms with Crippen molar-refractivity contribution in [3.8, 4) is 11.8 Å². The number of rotatable bonds is 2. The van der Waals surface area contributed by atoms with Crippen molar-refractivity contribution in [2.75, 3.05) is 27.9 Å². The largest absolute Gasteiger partial charge is 0.469 e. The lowest BCUT2D eigenvalue weighted by Crippen LogP contribution is -2.11. The molecule has 0 unspecified atom stereocenters. The molecule has 0 saturated heterocycles. The maximum absolute atomic E-state index is 9.70. The number of methoxy groups -OCH3 is 2. The molecule has 0 rings (SSSR count). The van der Waals surface area contributed by atoms with Crippen LogP contribution in [0.3, 0.4) is 0 Å². The fraction of sp³-hybridized carbons (Fsp3) is 0.714. The van der Waals surface area contributed by atoms with Crippen molar-refractivity contribution in [3.63, 3.8) is 0 Å². The Balaban J connectivity index is -0.0000000463. The molecule has 158 valence electrons. The molecule has 0 aromatic carbocycles. The van der Waals surface area contributed by atoms with Crippen LogP contribution in [0.5, 0.6) is 0 Å². The third-order valence-electron chi connectivity index (χ3n) is 2.01. The molecular formula is C21H45NO4. The van der Waals surface area contributed by atoms with Gasteiger partial charge in [-0.15, -0.1) is 11.8 Å². The van der Waals surface area contributed by atoms with Gasteiger partial charge in [0.25, 0.3) is 0 Å². The lowest BCUT2D eigenvalue weighted by molar-refractivity contribution is -0.137. The maximum Gasteiger partial charge on any atom is 0.302 e. The zero-order valence-electron chi connectivity index (χ0n) is 19.4. The summed E-state index contributed by atoms with van der Waals surface area (Å²) in [6.45, 7) is 17.6. The smallest absolute Gasteiger partial charge is 0.302 e. The van der Waals surface area contributed by atoms with Gasteiger partial charge in [0, 0.05) is 34.6 Å². The first-order chi connectivity index (χ1) is 12.2.